The minimum Gasteiger partial charge on any atom is -0.365 e. The van der Waals surface area contributed by atoms with E-state index in [4.69, 9.17) is 22.6 Å². The van der Waals surface area contributed by atoms with Crippen LogP contribution in [0.2, 0.25) is 5.02 Å². The lowest BCUT2D eigenvalue weighted by Crippen LogP contribution is -2.12. The Morgan fingerprint density at radius 2 is 2.11 bits per heavy atom. The molecule has 0 radical (unpaired) electrons. The molecule has 1 aromatic heterocycles. The second-order valence-corrected chi connectivity index (χ2v) is 4.18. The summed E-state index contributed by atoms with van der Waals surface area (Å²) in [6.07, 6.45) is 2.92. The van der Waals surface area contributed by atoms with Crippen LogP contribution < -0.4 is 5.73 Å². The van der Waals surface area contributed by atoms with Gasteiger partial charge in [0.2, 0.25) is 0 Å². The van der Waals surface area contributed by atoms with Crippen molar-refractivity contribution in [2.75, 3.05) is 0 Å². The third-order valence-electron chi connectivity index (χ3n) is 2.49. The molecule has 0 aliphatic heterocycles. The molecule has 0 saturated heterocycles. The fourth-order valence-corrected chi connectivity index (χ4v) is 1.69. The highest BCUT2D eigenvalue weighted by molar-refractivity contribution is 6.30. The summed E-state index contributed by atoms with van der Waals surface area (Å²) in [5.74, 6) is -0.772. The zero-order chi connectivity index (χ0) is 13.8. The van der Waals surface area contributed by atoms with Crippen LogP contribution in [-0.4, -0.2) is 16.1 Å². The van der Waals surface area contributed by atoms with Gasteiger partial charge in [-0.05, 0) is 18.2 Å². The van der Waals surface area contributed by atoms with Gasteiger partial charge in [0.05, 0.1) is 11.9 Å². The van der Waals surface area contributed by atoms with Gasteiger partial charge in [-0.25, -0.2) is 0 Å². The second kappa shape index (κ2) is 5.38. The number of halogens is 1. The van der Waals surface area contributed by atoms with Crippen molar-refractivity contribution in [1.29, 1.82) is 5.26 Å². The third kappa shape index (κ3) is 2.81. The maximum atomic E-state index is 11.0. The monoisotopic (exact) mass is 272 g/mol. The number of primary amides is 1. The van der Waals surface area contributed by atoms with E-state index in [1.54, 1.807) is 18.2 Å². The molecule has 0 spiro atoms. The molecule has 0 fully saturated rings. The van der Waals surface area contributed by atoms with Crippen LogP contribution in [0.4, 0.5) is 0 Å². The number of amides is 1. The van der Waals surface area contributed by atoms with Gasteiger partial charge < -0.3 is 5.73 Å². The van der Waals surface area contributed by atoms with Crippen LogP contribution in [0.1, 0.15) is 5.56 Å². The van der Waals surface area contributed by atoms with Crippen LogP contribution in [-0.2, 0) is 4.79 Å². The van der Waals surface area contributed by atoms with E-state index in [9.17, 15) is 4.79 Å². The number of carbonyl (C=O) groups excluding carboxylic acids is 1. The third-order valence-corrected chi connectivity index (χ3v) is 2.74. The Kier molecular flexibility index (Phi) is 3.64. The maximum absolute atomic E-state index is 11.0. The quantitative estimate of drug-likeness (QED) is 0.662. The van der Waals surface area contributed by atoms with E-state index in [1.807, 2.05) is 12.1 Å². The van der Waals surface area contributed by atoms with Gasteiger partial charge in [-0.3, -0.25) is 9.89 Å². The summed E-state index contributed by atoms with van der Waals surface area (Å²) in [5, 5.41) is 16.2. The van der Waals surface area contributed by atoms with Gasteiger partial charge in [0.1, 0.15) is 11.6 Å². The van der Waals surface area contributed by atoms with E-state index >= 15 is 0 Å². The standard InChI is InChI=1S/C13H9ClN4O/c14-11-3-1-8(2-4-11)12-10(7-17-18-12)5-9(6-15)13(16)19/h1-5,7H,(H2,16,19)(H,17,18)/b9-5+. The van der Waals surface area contributed by atoms with E-state index in [2.05, 4.69) is 10.2 Å². The number of rotatable bonds is 3. The van der Waals surface area contributed by atoms with E-state index in [-0.39, 0.29) is 5.57 Å². The van der Waals surface area contributed by atoms with Crippen LogP contribution in [0.15, 0.2) is 36.0 Å². The summed E-state index contributed by atoms with van der Waals surface area (Å²) in [7, 11) is 0. The summed E-state index contributed by atoms with van der Waals surface area (Å²) in [5.41, 5.74) is 7.10. The normalized spacial score (nSPS) is 11.1. The first-order valence-electron chi connectivity index (χ1n) is 5.32. The Balaban J connectivity index is 2.46. The van der Waals surface area contributed by atoms with Crippen LogP contribution in [0.25, 0.3) is 17.3 Å². The maximum Gasteiger partial charge on any atom is 0.259 e. The number of hydrogen-bond donors (Lipinski definition) is 2. The molecule has 6 heteroatoms. The van der Waals surface area contributed by atoms with Crippen molar-refractivity contribution in [2.24, 2.45) is 5.73 Å². The van der Waals surface area contributed by atoms with Crippen molar-refractivity contribution in [1.82, 2.24) is 10.2 Å². The first-order valence-corrected chi connectivity index (χ1v) is 5.70. The van der Waals surface area contributed by atoms with Crippen molar-refractivity contribution in [3.05, 3.63) is 46.6 Å². The first-order chi connectivity index (χ1) is 9.11. The lowest BCUT2D eigenvalue weighted by molar-refractivity contribution is -0.114. The average molecular weight is 273 g/mol. The number of carbonyl (C=O) groups is 1. The molecule has 19 heavy (non-hydrogen) atoms. The molecule has 1 amide bonds. The van der Waals surface area contributed by atoms with Crippen molar-refractivity contribution >= 4 is 23.6 Å². The van der Waals surface area contributed by atoms with Crippen molar-refractivity contribution in [3.8, 4) is 17.3 Å². The molecule has 94 valence electrons. The van der Waals surface area contributed by atoms with Crippen molar-refractivity contribution in [3.63, 3.8) is 0 Å². The highest BCUT2D eigenvalue weighted by Crippen LogP contribution is 2.24. The smallest absolute Gasteiger partial charge is 0.259 e. The van der Waals surface area contributed by atoms with Gasteiger partial charge in [-0.2, -0.15) is 10.4 Å². The first kappa shape index (κ1) is 12.9. The number of nitrogens with one attached hydrogen (secondary N) is 1. The summed E-state index contributed by atoms with van der Waals surface area (Å²) in [6, 6.07) is 8.85. The molecule has 2 rings (SSSR count). The van der Waals surface area contributed by atoms with Gasteiger partial charge in [-0.1, -0.05) is 23.7 Å². The van der Waals surface area contributed by atoms with E-state index in [1.165, 1.54) is 12.3 Å². The molecular weight excluding hydrogens is 264 g/mol. The van der Waals surface area contributed by atoms with Crippen molar-refractivity contribution < 1.29 is 4.79 Å². The fourth-order valence-electron chi connectivity index (χ4n) is 1.57. The molecule has 3 N–H and O–H groups in total. The average Bonchev–Trinajstić information content (AvgIpc) is 2.84. The summed E-state index contributed by atoms with van der Waals surface area (Å²) in [4.78, 5) is 11.0. The fraction of sp³-hybridized carbons (Fsp3) is 0. The molecule has 2 aromatic rings. The molecule has 0 saturated carbocycles. The summed E-state index contributed by atoms with van der Waals surface area (Å²) < 4.78 is 0. The van der Waals surface area contributed by atoms with Gasteiger partial charge in [0, 0.05) is 16.1 Å². The lowest BCUT2D eigenvalue weighted by Gasteiger charge is -2.00. The molecule has 0 bridgehead atoms. The van der Waals surface area contributed by atoms with E-state index < -0.39 is 5.91 Å². The molecule has 0 unspecified atom stereocenters. The molecular formula is C13H9ClN4O. The molecule has 0 aliphatic carbocycles. The number of aromatic nitrogens is 2. The Morgan fingerprint density at radius 3 is 2.68 bits per heavy atom. The van der Waals surface area contributed by atoms with Crippen LogP contribution >= 0.6 is 11.6 Å². The topological polar surface area (TPSA) is 95.6 Å². The molecule has 1 heterocycles. The van der Waals surface area contributed by atoms with E-state index in [0.29, 0.717) is 16.3 Å². The number of benzene rings is 1. The number of nitrogens with two attached hydrogens (primary N) is 1. The number of nitriles is 1. The highest BCUT2D eigenvalue weighted by Gasteiger charge is 2.09. The van der Waals surface area contributed by atoms with Crippen LogP contribution in [0.5, 0.6) is 0 Å². The Hall–Kier alpha value is -2.58. The summed E-state index contributed by atoms with van der Waals surface area (Å²) >= 11 is 5.82. The molecule has 0 aliphatic rings. The zero-order valence-corrected chi connectivity index (χ0v) is 10.5. The largest absolute Gasteiger partial charge is 0.365 e. The minimum atomic E-state index is -0.772. The van der Waals surface area contributed by atoms with Gasteiger partial charge in [-0.15, -0.1) is 0 Å². The minimum absolute atomic E-state index is 0.128. The Bertz CT molecular complexity index is 679. The molecule has 0 atom stereocenters. The van der Waals surface area contributed by atoms with Gasteiger partial charge in [0.15, 0.2) is 0 Å². The van der Waals surface area contributed by atoms with Crippen molar-refractivity contribution in [2.45, 2.75) is 0 Å². The number of hydrogen-bond acceptors (Lipinski definition) is 3. The predicted molar refractivity (Wildman–Crippen MR) is 71.8 cm³/mol. The SMILES string of the molecule is N#C/C(=C\c1cn[nH]c1-c1ccc(Cl)cc1)C(N)=O. The second-order valence-electron chi connectivity index (χ2n) is 3.74. The molecule has 1 aromatic carbocycles. The van der Waals surface area contributed by atoms with Crippen LogP contribution in [0.3, 0.4) is 0 Å². The Morgan fingerprint density at radius 1 is 1.42 bits per heavy atom. The lowest BCUT2D eigenvalue weighted by atomic mass is 10.1. The van der Waals surface area contributed by atoms with E-state index in [0.717, 1.165) is 5.56 Å². The highest BCUT2D eigenvalue weighted by atomic mass is 35.5. The van der Waals surface area contributed by atoms with Gasteiger partial charge >= 0.3 is 0 Å². The summed E-state index contributed by atoms with van der Waals surface area (Å²) in [6.45, 7) is 0. The van der Waals surface area contributed by atoms with Crippen LogP contribution in [0, 0.1) is 11.3 Å². The number of H-pyrrole nitrogens is 1. The molecule has 5 nitrogen and oxygen atoms in total. The predicted octanol–water partition coefficient (Wildman–Crippen LogP) is 2.12. The van der Waals surface area contributed by atoms with Gasteiger partial charge in [0.25, 0.3) is 5.91 Å². The Labute approximate surface area is 114 Å². The number of nitrogens with zero attached hydrogens (tertiary/aromatic N) is 2. The zero-order valence-electron chi connectivity index (χ0n) is 9.72. The number of aromatic amines is 1.